The summed E-state index contributed by atoms with van der Waals surface area (Å²) in [6, 6.07) is 6.61. The molecule has 8 heteroatoms. The third-order valence-electron chi connectivity index (χ3n) is 4.95. The average molecular weight is 420 g/mol. The predicted molar refractivity (Wildman–Crippen MR) is 117 cm³/mol. The summed E-state index contributed by atoms with van der Waals surface area (Å²) in [7, 11) is 0. The van der Waals surface area contributed by atoms with Crippen LogP contribution < -0.4 is 10.6 Å². The monoisotopic (exact) mass is 419 g/mol. The Bertz CT molecular complexity index is 759. The Morgan fingerprint density at radius 1 is 1.41 bits per heavy atom. The van der Waals surface area contributed by atoms with Gasteiger partial charge in [-0.25, -0.2) is 4.99 Å². The number of morpholine rings is 1. The third kappa shape index (κ3) is 6.29. The van der Waals surface area contributed by atoms with Crippen molar-refractivity contribution < 1.29 is 9.26 Å². The second-order valence-corrected chi connectivity index (χ2v) is 8.64. The van der Waals surface area contributed by atoms with Gasteiger partial charge >= 0.3 is 0 Å². The molecule has 0 radical (unpaired) electrons. The first-order chi connectivity index (χ1) is 14.1. The summed E-state index contributed by atoms with van der Waals surface area (Å²) in [6.07, 6.45) is 0.259. The summed E-state index contributed by atoms with van der Waals surface area (Å²) in [6.45, 7) is 13.1. The second kappa shape index (κ2) is 10.8. The van der Waals surface area contributed by atoms with Gasteiger partial charge in [-0.15, -0.1) is 11.3 Å². The van der Waals surface area contributed by atoms with Crippen molar-refractivity contribution >= 4 is 17.3 Å². The molecule has 2 aromatic rings. The van der Waals surface area contributed by atoms with E-state index in [2.05, 4.69) is 65.9 Å². The molecule has 1 fully saturated rings. The van der Waals surface area contributed by atoms with Gasteiger partial charge < -0.3 is 19.9 Å². The van der Waals surface area contributed by atoms with Gasteiger partial charge in [0.25, 0.3) is 0 Å². The summed E-state index contributed by atoms with van der Waals surface area (Å²) in [5.74, 6) is 1.92. The molecule has 2 N–H and O–H groups in total. The first-order valence-electron chi connectivity index (χ1n) is 10.4. The summed E-state index contributed by atoms with van der Waals surface area (Å²) < 4.78 is 11.1. The maximum absolute atomic E-state index is 5.73. The molecule has 0 aromatic carbocycles. The van der Waals surface area contributed by atoms with Crippen LogP contribution in [0.25, 0.3) is 0 Å². The number of ether oxygens (including phenoxy) is 1. The highest BCUT2D eigenvalue weighted by atomic mass is 32.1. The zero-order chi connectivity index (χ0) is 20.6. The van der Waals surface area contributed by atoms with Gasteiger partial charge in [-0.1, -0.05) is 25.1 Å². The highest BCUT2D eigenvalue weighted by Gasteiger charge is 2.26. The van der Waals surface area contributed by atoms with Crippen LogP contribution in [0.15, 0.2) is 33.1 Å². The zero-order valence-corrected chi connectivity index (χ0v) is 18.7. The molecule has 2 aromatic heterocycles. The maximum atomic E-state index is 5.73. The van der Waals surface area contributed by atoms with Gasteiger partial charge in [0.05, 0.1) is 24.4 Å². The van der Waals surface area contributed by atoms with E-state index in [-0.39, 0.29) is 6.10 Å². The number of nitrogens with zero attached hydrogens (tertiary/aromatic N) is 3. The molecule has 2 atom stereocenters. The molecular formula is C21H33N5O2S. The lowest BCUT2D eigenvalue weighted by molar-refractivity contribution is -0.0334. The topological polar surface area (TPSA) is 74.9 Å². The van der Waals surface area contributed by atoms with Gasteiger partial charge in [0, 0.05) is 37.1 Å². The average Bonchev–Trinajstić information content (AvgIpc) is 3.38. The molecule has 3 rings (SSSR count). The van der Waals surface area contributed by atoms with Crippen molar-refractivity contribution in [3.05, 3.63) is 39.9 Å². The Labute approximate surface area is 177 Å². The van der Waals surface area contributed by atoms with Crippen molar-refractivity contribution in [3.63, 3.8) is 0 Å². The molecule has 1 aliphatic rings. The van der Waals surface area contributed by atoms with Crippen molar-refractivity contribution in [2.24, 2.45) is 4.99 Å². The van der Waals surface area contributed by atoms with Gasteiger partial charge in [0.1, 0.15) is 6.54 Å². The van der Waals surface area contributed by atoms with E-state index in [1.165, 1.54) is 4.88 Å². The molecule has 0 saturated carbocycles. The number of aliphatic imine (C=N–C) groups is 1. The van der Waals surface area contributed by atoms with Crippen LogP contribution in [0.2, 0.25) is 0 Å². The minimum absolute atomic E-state index is 0.259. The molecule has 1 aliphatic heterocycles. The number of thiophene rings is 1. The molecule has 3 heterocycles. The predicted octanol–water partition coefficient (Wildman–Crippen LogP) is 3.38. The van der Waals surface area contributed by atoms with E-state index in [1.54, 1.807) is 11.3 Å². The first kappa shape index (κ1) is 21.8. The SMILES string of the molecule is CCNC(=NCc1cc(C(C)C)no1)NCC(c1cccs1)N1CCOC(C)C1. The van der Waals surface area contributed by atoms with Crippen LogP contribution in [0.1, 0.15) is 56.0 Å². The lowest BCUT2D eigenvalue weighted by Gasteiger charge is -2.37. The van der Waals surface area contributed by atoms with Crippen LogP contribution in [0.3, 0.4) is 0 Å². The minimum Gasteiger partial charge on any atom is -0.376 e. The van der Waals surface area contributed by atoms with E-state index < -0.39 is 0 Å². The van der Waals surface area contributed by atoms with E-state index in [1.807, 2.05) is 6.07 Å². The molecule has 0 spiro atoms. The van der Waals surface area contributed by atoms with Crippen molar-refractivity contribution in [2.75, 3.05) is 32.8 Å². The van der Waals surface area contributed by atoms with E-state index >= 15 is 0 Å². The standard InChI is InChI=1S/C21H33N5O2S/c1-5-22-21(23-12-17-11-18(15(2)3)25-28-17)24-13-19(20-7-6-10-29-20)26-8-9-27-16(4)14-26/h6-7,10-11,15-16,19H,5,8-9,12-14H2,1-4H3,(H2,22,23,24). The molecule has 29 heavy (non-hydrogen) atoms. The molecule has 7 nitrogen and oxygen atoms in total. The van der Waals surface area contributed by atoms with Crippen LogP contribution in [0, 0.1) is 0 Å². The van der Waals surface area contributed by atoms with Gasteiger partial charge in [0.15, 0.2) is 11.7 Å². The summed E-state index contributed by atoms with van der Waals surface area (Å²) in [4.78, 5) is 8.55. The van der Waals surface area contributed by atoms with Crippen molar-refractivity contribution in [3.8, 4) is 0 Å². The Morgan fingerprint density at radius 3 is 2.93 bits per heavy atom. The minimum atomic E-state index is 0.259. The summed E-state index contributed by atoms with van der Waals surface area (Å²) in [5.41, 5.74) is 0.965. The van der Waals surface area contributed by atoms with Gasteiger partial charge in [-0.05, 0) is 31.2 Å². The quantitative estimate of drug-likeness (QED) is 0.505. The second-order valence-electron chi connectivity index (χ2n) is 7.66. The Morgan fingerprint density at radius 2 is 2.28 bits per heavy atom. The Hall–Kier alpha value is -1.90. The van der Waals surface area contributed by atoms with Crippen LogP contribution >= 0.6 is 11.3 Å². The third-order valence-corrected chi connectivity index (χ3v) is 5.93. The van der Waals surface area contributed by atoms with Crippen LogP contribution in [-0.4, -0.2) is 54.9 Å². The van der Waals surface area contributed by atoms with E-state index in [9.17, 15) is 0 Å². The highest BCUT2D eigenvalue weighted by molar-refractivity contribution is 7.10. The van der Waals surface area contributed by atoms with Gasteiger partial charge in [0.2, 0.25) is 0 Å². The number of rotatable bonds is 8. The van der Waals surface area contributed by atoms with Crippen molar-refractivity contribution in [1.82, 2.24) is 20.7 Å². The van der Waals surface area contributed by atoms with Crippen molar-refractivity contribution in [1.29, 1.82) is 0 Å². The molecule has 0 aliphatic carbocycles. The fraction of sp³-hybridized carbons (Fsp3) is 0.619. The largest absolute Gasteiger partial charge is 0.376 e. The number of nitrogens with one attached hydrogen (secondary N) is 2. The number of guanidine groups is 1. The van der Waals surface area contributed by atoms with E-state index in [0.717, 1.165) is 50.2 Å². The van der Waals surface area contributed by atoms with E-state index in [0.29, 0.717) is 18.5 Å². The summed E-state index contributed by atoms with van der Waals surface area (Å²) >= 11 is 1.80. The highest BCUT2D eigenvalue weighted by Crippen LogP contribution is 2.26. The smallest absolute Gasteiger partial charge is 0.191 e. The fourth-order valence-electron chi connectivity index (χ4n) is 3.39. The molecule has 0 bridgehead atoms. The van der Waals surface area contributed by atoms with Crippen LogP contribution in [0.4, 0.5) is 0 Å². The lowest BCUT2D eigenvalue weighted by Crippen LogP contribution is -2.48. The molecule has 160 valence electrons. The number of aromatic nitrogens is 1. The molecule has 0 amide bonds. The Balaban J connectivity index is 1.65. The van der Waals surface area contributed by atoms with Gasteiger partial charge in [-0.2, -0.15) is 0 Å². The number of hydrogen-bond donors (Lipinski definition) is 2. The van der Waals surface area contributed by atoms with Crippen LogP contribution in [0.5, 0.6) is 0 Å². The summed E-state index contributed by atoms with van der Waals surface area (Å²) in [5, 5.41) is 13.1. The molecule has 1 saturated heterocycles. The molecular weight excluding hydrogens is 386 g/mol. The lowest BCUT2D eigenvalue weighted by atomic mass is 10.1. The first-order valence-corrected chi connectivity index (χ1v) is 11.3. The van der Waals surface area contributed by atoms with Gasteiger partial charge in [-0.3, -0.25) is 4.90 Å². The Kier molecular flexibility index (Phi) is 8.09. The zero-order valence-electron chi connectivity index (χ0n) is 17.9. The fourth-order valence-corrected chi connectivity index (χ4v) is 4.25. The van der Waals surface area contributed by atoms with E-state index in [4.69, 9.17) is 14.3 Å². The van der Waals surface area contributed by atoms with Crippen LogP contribution in [-0.2, 0) is 11.3 Å². The van der Waals surface area contributed by atoms with Crippen molar-refractivity contribution in [2.45, 2.75) is 52.3 Å². The number of hydrogen-bond acceptors (Lipinski definition) is 6. The normalized spacial score (nSPS) is 19.5. The molecule has 2 unspecified atom stereocenters. The maximum Gasteiger partial charge on any atom is 0.191 e.